The molecule has 0 saturated carbocycles. The summed E-state index contributed by atoms with van der Waals surface area (Å²) in [6.45, 7) is 2.96. The number of nitrogens with zero attached hydrogens (tertiary/aromatic N) is 4. The van der Waals surface area contributed by atoms with E-state index in [1.807, 2.05) is 6.92 Å². The molecule has 9 heteroatoms. The van der Waals surface area contributed by atoms with E-state index >= 15 is 0 Å². The fraction of sp³-hybridized carbons (Fsp3) is 0.190. The summed E-state index contributed by atoms with van der Waals surface area (Å²) in [6.07, 6.45) is 8.95. The minimum Gasteiger partial charge on any atom is -0.348 e. The van der Waals surface area contributed by atoms with Gasteiger partial charge in [-0.15, -0.1) is 0 Å². The Labute approximate surface area is 174 Å². The molecule has 3 aromatic heterocycles. The van der Waals surface area contributed by atoms with E-state index in [9.17, 15) is 13.2 Å². The van der Waals surface area contributed by atoms with Crippen LogP contribution in [0.1, 0.15) is 29.3 Å². The maximum atomic E-state index is 12.8. The molecular weight excluding hydrogens is 402 g/mol. The van der Waals surface area contributed by atoms with Gasteiger partial charge in [0.2, 0.25) is 9.84 Å². The van der Waals surface area contributed by atoms with Crippen LogP contribution in [-0.4, -0.2) is 33.5 Å². The highest BCUT2D eigenvalue weighted by Gasteiger charge is 2.19. The number of hydrogen-bond donors (Lipinski definition) is 1. The van der Waals surface area contributed by atoms with Crippen molar-refractivity contribution in [1.82, 2.24) is 24.5 Å². The molecule has 0 atom stereocenters. The van der Waals surface area contributed by atoms with Crippen molar-refractivity contribution in [2.45, 2.75) is 36.2 Å². The first-order chi connectivity index (χ1) is 14.5. The van der Waals surface area contributed by atoms with Gasteiger partial charge in [-0.3, -0.25) is 9.48 Å². The first kappa shape index (κ1) is 19.8. The fourth-order valence-electron chi connectivity index (χ4n) is 3.10. The lowest BCUT2D eigenvalue weighted by Crippen LogP contribution is -2.23. The van der Waals surface area contributed by atoms with Gasteiger partial charge in [0, 0.05) is 37.9 Å². The van der Waals surface area contributed by atoms with Gasteiger partial charge in [-0.05, 0) is 36.2 Å². The SMILES string of the molecule is CCCn1cc(S(=O)(=O)c2ccc(CNC(=O)c3ccc4nccn4c3)cc2)cn1. The number of aromatic nitrogens is 4. The Morgan fingerprint density at radius 1 is 1.07 bits per heavy atom. The van der Waals surface area contributed by atoms with Crippen molar-refractivity contribution < 1.29 is 13.2 Å². The lowest BCUT2D eigenvalue weighted by molar-refractivity contribution is 0.0950. The van der Waals surface area contributed by atoms with Crippen molar-refractivity contribution in [3.63, 3.8) is 0 Å². The summed E-state index contributed by atoms with van der Waals surface area (Å²) >= 11 is 0. The summed E-state index contributed by atoms with van der Waals surface area (Å²) in [5.74, 6) is -0.217. The zero-order valence-electron chi connectivity index (χ0n) is 16.4. The Morgan fingerprint density at radius 3 is 2.63 bits per heavy atom. The molecule has 0 radical (unpaired) electrons. The van der Waals surface area contributed by atoms with Crippen LogP contribution in [0.15, 0.2) is 77.2 Å². The highest BCUT2D eigenvalue weighted by molar-refractivity contribution is 7.91. The third kappa shape index (κ3) is 3.97. The number of hydrogen-bond acceptors (Lipinski definition) is 5. The van der Waals surface area contributed by atoms with E-state index in [0.717, 1.165) is 17.6 Å². The van der Waals surface area contributed by atoms with Crippen molar-refractivity contribution in [3.05, 3.63) is 78.5 Å². The Morgan fingerprint density at radius 2 is 1.87 bits per heavy atom. The molecule has 3 heterocycles. The number of fused-ring (bicyclic) bond motifs is 1. The van der Waals surface area contributed by atoms with Crippen LogP contribution in [0.5, 0.6) is 0 Å². The van der Waals surface area contributed by atoms with Gasteiger partial charge in [0.1, 0.15) is 10.5 Å². The Balaban J connectivity index is 1.43. The number of carbonyl (C=O) groups is 1. The van der Waals surface area contributed by atoms with E-state index in [0.29, 0.717) is 12.1 Å². The second kappa shape index (κ2) is 8.11. The third-order valence-corrected chi connectivity index (χ3v) is 6.43. The average molecular weight is 423 g/mol. The van der Waals surface area contributed by atoms with Gasteiger partial charge >= 0.3 is 0 Å². The third-order valence-electron chi connectivity index (χ3n) is 4.71. The topological polar surface area (TPSA) is 98.4 Å². The Bertz CT molecular complexity index is 1290. The maximum absolute atomic E-state index is 12.8. The van der Waals surface area contributed by atoms with Gasteiger partial charge in [-0.25, -0.2) is 13.4 Å². The standard InChI is InChI=1S/C21H21N5O3S/c1-2-10-26-15-19(13-24-26)30(28,29)18-6-3-16(4-7-18)12-23-21(27)17-5-8-20-22-9-11-25(20)14-17/h3-9,11,13-15H,2,10,12H2,1H3,(H,23,27). The maximum Gasteiger partial charge on any atom is 0.253 e. The van der Waals surface area contributed by atoms with E-state index in [2.05, 4.69) is 15.4 Å². The molecule has 0 saturated heterocycles. The molecule has 0 unspecified atom stereocenters. The molecule has 4 rings (SSSR count). The monoisotopic (exact) mass is 423 g/mol. The van der Waals surface area contributed by atoms with E-state index in [-0.39, 0.29) is 22.2 Å². The molecule has 0 aliphatic carbocycles. The Hall–Kier alpha value is -3.46. The summed E-state index contributed by atoms with van der Waals surface area (Å²) in [4.78, 5) is 16.9. The predicted molar refractivity (Wildman–Crippen MR) is 111 cm³/mol. The molecule has 1 amide bonds. The molecule has 1 aromatic carbocycles. The highest BCUT2D eigenvalue weighted by Crippen LogP contribution is 2.21. The van der Waals surface area contributed by atoms with Crippen LogP contribution in [0.4, 0.5) is 0 Å². The fourth-order valence-corrected chi connectivity index (χ4v) is 4.31. The van der Waals surface area contributed by atoms with Gasteiger partial charge in [-0.1, -0.05) is 19.1 Å². The van der Waals surface area contributed by atoms with Gasteiger partial charge in [-0.2, -0.15) is 5.10 Å². The second-order valence-electron chi connectivity index (χ2n) is 6.88. The summed E-state index contributed by atoms with van der Waals surface area (Å²) < 4.78 is 28.9. The molecule has 0 bridgehead atoms. The minimum atomic E-state index is -3.62. The van der Waals surface area contributed by atoms with Crippen LogP contribution < -0.4 is 5.32 Å². The number of rotatable bonds is 7. The quantitative estimate of drug-likeness (QED) is 0.493. The Kier molecular flexibility index (Phi) is 5.37. The lowest BCUT2D eigenvalue weighted by atomic mass is 10.2. The van der Waals surface area contributed by atoms with Gasteiger partial charge in [0.05, 0.1) is 16.7 Å². The number of benzene rings is 1. The number of sulfone groups is 1. The minimum absolute atomic E-state index is 0.173. The first-order valence-corrected chi connectivity index (χ1v) is 11.0. The number of aryl methyl sites for hydroxylation is 1. The highest BCUT2D eigenvalue weighted by atomic mass is 32.2. The average Bonchev–Trinajstić information content (AvgIpc) is 3.42. The predicted octanol–water partition coefficient (Wildman–Crippen LogP) is 2.70. The first-order valence-electron chi connectivity index (χ1n) is 9.55. The summed E-state index contributed by atoms with van der Waals surface area (Å²) in [5, 5.41) is 6.94. The van der Waals surface area contributed by atoms with Crippen LogP contribution in [0, 0.1) is 0 Å². The van der Waals surface area contributed by atoms with Gasteiger partial charge in [0.15, 0.2) is 0 Å². The number of carbonyl (C=O) groups excluding carboxylic acids is 1. The normalized spacial score (nSPS) is 11.6. The smallest absolute Gasteiger partial charge is 0.253 e. The molecule has 0 spiro atoms. The number of nitrogens with one attached hydrogen (secondary N) is 1. The van der Waals surface area contributed by atoms with Crippen molar-refractivity contribution in [3.8, 4) is 0 Å². The van der Waals surface area contributed by atoms with Crippen molar-refractivity contribution in [1.29, 1.82) is 0 Å². The summed E-state index contributed by atoms with van der Waals surface area (Å²) in [6, 6.07) is 9.98. The van der Waals surface area contributed by atoms with Crippen LogP contribution in [0.3, 0.4) is 0 Å². The van der Waals surface area contributed by atoms with Crippen molar-refractivity contribution >= 4 is 21.4 Å². The van der Waals surface area contributed by atoms with Crippen molar-refractivity contribution in [2.24, 2.45) is 0 Å². The number of amides is 1. The van der Waals surface area contributed by atoms with E-state index in [1.165, 1.54) is 6.20 Å². The lowest BCUT2D eigenvalue weighted by Gasteiger charge is -2.07. The van der Waals surface area contributed by atoms with E-state index in [1.54, 1.807) is 70.3 Å². The molecule has 154 valence electrons. The van der Waals surface area contributed by atoms with E-state index in [4.69, 9.17) is 0 Å². The molecule has 0 aliphatic rings. The zero-order valence-corrected chi connectivity index (χ0v) is 17.2. The van der Waals surface area contributed by atoms with Gasteiger partial charge < -0.3 is 9.72 Å². The number of pyridine rings is 1. The van der Waals surface area contributed by atoms with Crippen LogP contribution in [0.2, 0.25) is 0 Å². The zero-order chi connectivity index (χ0) is 21.1. The van der Waals surface area contributed by atoms with E-state index < -0.39 is 9.84 Å². The van der Waals surface area contributed by atoms with Crippen LogP contribution in [0.25, 0.3) is 5.65 Å². The van der Waals surface area contributed by atoms with Crippen LogP contribution >= 0.6 is 0 Å². The molecule has 0 fully saturated rings. The molecule has 0 aliphatic heterocycles. The molecular formula is C21H21N5O3S. The largest absolute Gasteiger partial charge is 0.348 e. The molecule has 8 nitrogen and oxygen atoms in total. The molecule has 30 heavy (non-hydrogen) atoms. The van der Waals surface area contributed by atoms with Crippen molar-refractivity contribution in [2.75, 3.05) is 0 Å². The summed E-state index contributed by atoms with van der Waals surface area (Å²) in [7, 11) is -3.62. The number of imidazole rings is 1. The molecule has 1 N–H and O–H groups in total. The summed E-state index contributed by atoms with van der Waals surface area (Å²) in [5.41, 5.74) is 2.08. The molecule has 4 aromatic rings. The van der Waals surface area contributed by atoms with Gasteiger partial charge in [0.25, 0.3) is 5.91 Å². The van der Waals surface area contributed by atoms with Crippen LogP contribution in [-0.2, 0) is 22.9 Å². The second-order valence-corrected chi connectivity index (χ2v) is 8.83.